The molecule has 2 saturated carbocycles. The Morgan fingerprint density at radius 1 is 1.07 bits per heavy atom. The molecule has 2 aliphatic carbocycles. The van der Waals surface area contributed by atoms with Crippen molar-refractivity contribution in [3.8, 4) is 5.75 Å². The lowest BCUT2D eigenvalue weighted by atomic mass is 9.76. The number of aromatic nitrogens is 1. The van der Waals surface area contributed by atoms with Crippen molar-refractivity contribution in [3.63, 3.8) is 0 Å². The van der Waals surface area contributed by atoms with Crippen LogP contribution in [0.15, 0.2) is 59.5 Å². The normalized spacial score (nSPS) is 24.1. The van der Waals surface area contributed by atoms with E-state index in [-0.39, 0.29) is 17.2 Å². The highest BCUT2D eigenvalue weighted by Gasteiger charge is 2.47. The second-order valence-corrected chi connectivity index (χ2v) is 9.17. The van der Waals surface area contributed by atoms with Gasteiger partial charge < -0.3 is 15.0 Å². The topological polar surface area (TPSA) is 54.1 Å². The zero-order valence-electron chi connectivity index (χ0n) is 17.0. The summed E-state index contributed by atoms with van der Waals surface area (Å²) in [6, 6.07) is 16.1. The second kappa shape index (κ2) is 8.09. The number of hydrogen-bond acceptors (Lipinski definition) is 3. The van der Waals surface area contributed by atoms with Gasteiger partial charge in [-0.2, -0.15) is 0 Å². The predicted octanol–water partition coefficient (Wildman–Crippen LogP) is 5.44. The summed E-state index contributed by atoms with van der Waals surface area (Å²) in [4.78, 5) is 14.7. The third kappa shape index (κ3) is 3.99. The van der Waals surface area contributed by atoms with Crippen LogP contribution >= 0.6 is 11.6 Å². The Morgan fingerprint density at radius 2 is 1.83 bits per heavy atom. The highest BCUT2D eigenvalue weighted by atomic mass is 35.5. The number of benzene rings is 2. The minimum Gasteiger partial charge on any atom is -0.489 e. The smallest absolute Gasteiger partial charge is 0.255 e. The van der Waals surface area contributed by atoms with Gasteiger partial charge >= 0.3 is 0 Å². The molecular weight excluding hydrogens is 396 g/mol. The van der Waals surface area contributed by atoms with Gasteiger partial charge in [-0.1, -0.05) is 41.9 Å². The summed E-state index contributed by atoms with van der Waals surface area (Å²) in [5, 5.41) is 5.87. The summed E-state index contributed by atoms with van der Waals surface area (Å²) >= 11 is 6.44. The van der Waals surface area contributed by atoms with Crippen LogP contribution < -0.4 is 15.6 Å². The van der Waals surface area contributed by atoms with Gasteiger partial charge in [0.15, 0.2) is 0 Å². The molecule has 2 N–H and O–H groups in total. The van der Waals surface area contributed by atoms with Crippen LogP contribution in [0.3, 0.4) is 0 Å². The highest BCUT2D eigenvalue weighted by molar-refractivity contribution is 6.32. The summed E-state index contributed by atoms with van der Waals surface area (Å²) in [6.45, 7) is 0.925. The van der Waals surface area contributed by atoms with Crippen LogP contribution in [-0.4, -0.2) is 16.6 Å². The first-order valence-corrected chi connectivity index (χ1v) is 11.3. The average Bonchev–Trinajstić information content (AvgIpc) is 3.62. The molecule has 0 aliphatic heterocycles. The third-order valence-electron chi connectivity index (χ3n) is 6.79. The van der Waals surface area contributed by atoms with Crippen LogP contribution in [0.2, 0.25) is 5.02 Å². The fraction of sp³-hybridized carbons (Fsp3) is 0.400. The molecule has 0 amide bonds. The highest BCUT2D eigenvalue weighted by Crippen LogP contribution is 2.48. The molecule has 2 fully saturated rings. The molecule has 2 aliphatic rings. The molecule has 0 unspecified atom stereocenters. The largest absolute Gasteiger partial charge is 0.489 e. The fourth-order valence-electron chi connectivity index (χ4n) is 4.92. The Labute approximate surface area is 181 Å². The quantitative estimate of drug-likeness (QED) is 0.556. The molecule has 5 rings (SSSR count). The summed E-state index contributed by atoms with van der Waals surface area (Å²) in [6.07, 6.45) is 8.76. The van der Waals surface area contributed by atoms with Crippen molar-refractivity contribution in [1.82, 2.24) is 10.3 Å². The van der Waals surface area contributed by atoms with Gasteiger partial charge in [-0.25, -0.2) is 0 Å². The van der Waals surface area contributed by atoms with E-state index in [0.717, 1.165) is 43.5 Å². The number of aromatic amines is 1. The van der Waals surface area contributed by atoms with Crippen molar-refractivity contribution in [1.29, 1.82) is 0 Å². The summed E-state index contributed by atoms with van der Waals surface area (Å²) < 4.78 is 6.32. The van der Waals surface area contributed by atoms with Crippen molar-refractivity contribution in [2.75, 3.05) is 0 Å². The van der Waals surface area contributed by atoms with Crippen LogP contribution in [0, 0.1) is 5.92 Å². The zero-order valence-corrected chi connectivity index (χ0v) is 17.8. The molecule has 0 radical (unpaired) electrons. The van der Waals surface area contributed by atoms with E-state index < -0.39 is 0 Å². The molecule has 1 aromatic heterocycles. The van der Waals surface area contributed by atoms with Gasteiger partial charge in [0.05, 0.1) is 11.1 Å². The van der Waals surface area contributed by atoms with Gasteiger partial charge in [-0.15, -0.1) is 0 Å². The fourth-order valence-corrected chi connectivity index (χ4v) is 5.13. The maximum Gasteiger partial charge on any atom is 0.255 e. The molecule has 0 spiro atoms. The van der Waals surface area contributed by atoms with Gasteiger partial charge in [0, 0.05) is 23.7 Å². The SMILES string of the molecule is O=c1[nH]ccc2cc(O[C@H]3CC[C@](NCc4ccccc4)(C4CC4)CC3)c(Cl)cc12. The van der Waals surface area contributed by atoms with E-state index in [0.29, 0.717) is 16.2 Å². The Bertz CT molecular complexity index is 1080. The molecule has 0 atom stereocenters. The summed E-state index contributed by atoms with van der Waals surface area (Å²) in [5.74, 6) is 1.47. The van der Waals surface area contributed by atoms with Crippen LogP contribution in [0.1, 0.15) is 44.1 Å². The maximum absolute atomic E-state index is 12.0. The third-order valence-corrected chi connectivity index (χ3v) is 7.09. The standard InChI is InChI=1S/C25H27ClN2O2/c26-22-15-21-18(10-13-27-24(21)29)14-23(22)30-20-8-11-25(12-9-20,19-6-7-19)28-16-17-4-2-1-3-5-17/h1-5,10,13-15,19-20,28H,6-9,11-12,16H2,(H,27,29)/t20-,25+. The van der Waals surface area contributed by atoms with Gasteiger partial charge in [0.1, 0.15) is 5.75 Å². The lowest BCUT2D eigenvalue weighted by Crippen LogP contribution is -2.50. The lowest BCUT2D eigenvalue weighted by Gasteiger charge is -2.41. The Balaban J connectivity index is 1.26. The Hall–Kier alpha value is -2.30. The van der Waals surface area contributed by atoms with E-state index in [1.54, 1.807) is 12.3 Å². The second-order valence-electron chi connectivity index (χ2n) is 8.76. The lowest BCUT2D eigenvalue weighted by molar-refractivity contribution is 0.0897. The van der Waals surface area contributed by atoms with Crippen molar-refractivity contribution in [2.45, 2.75) is 56.7 Å². The van der Waals surface area contributed by atoms with E-state index in [2.05, 4.69) is 40.6 Å². The molecular formula is C25H27ClN2O2. The number of fused-ring (bicyclic) bond motifs is 1. The van der Waals surface area contributed by atoms with E-state index in [1.165, 1.54) is 18.4 Å². The molecule has 30 heavy (non-hydrogen) atoms. The number of ether oxygens (including phenoxy) is 1. The van der Waals surface area contributed by atoms with Crippen molar-refractivity contribution in [2.24, 2.45) is 5.92 Å². The van der Waals surface area contributed by atoms with Crippen molar-refractivity contribution in [3.05, 3.63) is 75.7 Å². The summed E-state index contributed by atoms with van der Waals surface area (Å²) in [7, 11) is 0. The number of hydrogen-bond donors (Lipinski definition) is 2. The zero-order chi connectivity index (χ0) is 20.6. The first-order valence-electron chi connectivity index (χ1n) is 10.9. The average molecular weight is 423 g/mol. The molecule has 4 nitrogen and oxygen atoms in total. The van der Waals surface area contributed by atoms with E-state index in [1.807, 2.05) is 12.1 Å². The molecule has 0 saturated heterocycles. The van der Waals surface area contributed by atoms with Crippen LogP contribution in [-0.2, 0) is 6.54 Å². The monoisotopic (exact) mass is 422 g/mol. The number of halogens is 1. The van der Waals surface area contributed by atoms with Crippen LogP contribution in [0.25, 0.3) is 10.8 Å². The van der Waals surface area contributed by atoms with Crippen LogP contribution in [0.5, 0.6) is 5.75 Å². The van der Waals surface area contributed by atoms with Gasteiger partial charge in [0.25, 0.3) is 5.56 Å². The van der Waals surface area contributed by atoms with E-state index in [4.69, 9.17) is 16.3 Å². The van der Waals surface area contributed by atoms with Crippen molar-refractivity contribution >= 4 is 22.4 Å². The molecule has 5 heteroatoms. The maximum atomic E-state index is 12.0. The predicted molar refractivity (Wildman–Crippen MR) is 121 cm³/mol. The number of H-pyrrole nitrogens is 1. The minimum atomic E-state index is -0.127. The van der Waals surface area contributed by atoms with E-state index in [9.17, 15) is 4.79 Å². The Kier molecular flexibility index (Phi) is 5.30. The molecule has 1 heterocycles. The van der Waals surface area contributed by atoms with Crippen LogP contribution in [0.4, 0.5) is 0 Å². The van der Waals surface area contributed by atoms with Crippen molar-refractivity contribution < 1.29 is 4.74 Å². The molecule has 0 bridgehead atoms. The summed E-state index contributed by atoms with van der Waals surface area (Å²) in [5.41, 5.74) is 1.45. The minimum absolute atomic E-state index is 0.127. The number of rotatable bonds is 6. The molecule has 3 aromatic rings. The first-order chi connectivity index (χ1) is 14.6. The van der Waals surface area contributed by atoms with Gasteiger partial charge in [0.2, 0.25) is 0 Å². The number of pyridine rings is 1. The Morgan fingerprint density at radius 3 is 2.57 bits per heavy atom. The molecule has 2 aromatic carbocycles. The van der Waals surface area contributed by atoms with E-state index >= 15 is 0 Å². The first kappa shape index (κ1) is 19.7. The number of nitrogens with one attached hydrogen (secondary N) is 2. The molecule has 156 valence electrons. The van der Waals surface area contributed by atoms with Gasteiger partial charge in [-0.3, -0.25) is 4.79 Å². The van der Waals surface area contributed by atoms with Gasteiger partial charge in [-0.05, 0) is 73.6 Å².